The molecule has 0 bridgehead atoms. The first kappa shape index (κ1) is 13.1. The predicted molar refractivity (Wildman–Crippen MR) is 71.0 cm³/mol. The third-order valence-electron chi connectivity index (χ3n) is 2.96. The number of aromatic hydroxyl groups is 1. The van der Waals surface area contributed by atoms with Crippen LogP contribution in [0.3, 0.4) is 0 Å². The Labute approximate surface area is 111 Å². The van der Waals surface area contributed by atoms with E-state index in [0.29, 0.717) is 18.5 Å². The van der Waals surface area contributed by atoms with Gasteiger partial charge in [-0.25, -0.2) is 0 Å². The number of para-hydroxylation sites is 2. The van der Waals surface area contributed by atoms with Crippen LogP contribution >= 0.6 is 0 Å². The number of hydrogen-bond acceptors (Lipinski definition) is 4. The number of nitrogens with one attached hydrogen (secondary N) is 1. The van der Waals surface area contributed by atoms with Crippen LogP contribution in [0.4, 0.5) is 5.69 Å². The lowest BCUT2D eigenvalue weighted by molar-refractivity contribution is -0.116. The summed E-state index contributed by atoms with van der Waals surface area (Å²) < 4.78 is 5.04. The lowest BCUT2D eigenvalue weighted by Gasteiger charge is -2.06. The fraction of sp³-hybridized carbons (Fsp3) is 0.286. The molecular formula is C14H16N2O3. The molecule has 0 atom stereocenters. The highest BCUT2D eigenvalue weighted by atomic mass is 16.5. The first-order valence-corrected chi connectivity index (χ1v) is 6.07. The molecule has 1 aromatic heterocycles. The van der Waals surface area contributed by atoms with Gasteiger partial charge in [0.25, 0.3) is 0 Å². The number of carbonyl (C=O) groups is 1. The summed E-state index contributed by atoms with van der Waals surface area (Å²) in [5.41, 5.74) is 2.20. The summed E-state index contributed by atoms with van der Waals surface area (Å²) in [6.07, 6.45) is 0.887. The van der Waals surface area contributed by atoms with Gasteiger partial charge in [-0.2, -0.15) is 0 Å². The molecule has 0 aliphatic rings. The van der Waals surface area contributed by atoms with Gasteiger partial charge in [0.15, 0.2) is 0 Å². The van der Waals surface area contributed by atoms with E-state index in [9.17, 15) is 9.90 Å². The Morgan fingerprint density at radius 3 is 2.74 bits per heavy atom. The molecule has 1 amide bonds. The number of carbonyl (C=O) groups excluding carboxylic acids is 1. The second-order valence-electron chi connectivity index (χ2n) is 4.37. The minimum Gasteiger partial charge on any atom is -0.506 e. The molecule has 0 unspecified atom stereocenters. The van der Waals surface area contributed by atoms with Gasteiger partial charge >= 0.3 is 0 Å². The maximum atomic E-state index is 11.8. The average Bonchev–Trinajstić information content (AvgIpc) is 2.70. The number of nitrogens with zero attached hydrogens (tertiary/aromatic N) is 1. The third-order valence-corrected chi connectivity index (χ3v) is 2.96. The SMILES string of the molecule is Cc1noc(C)c1CCC(=O)Nc1ccccc1O. The second kappa shape index (κ2) is 5.56. The van der Waals surface area contributed by atoms with Gasteiger partial charge in [-0.15, -0.1) is 0 Å². The van der Waals surface area contributed by atoms with Crippen LogP contribution in [0.25, 0.3) is 0 Å². The van der Waals surface area contributed by atoms with Crippen LogP contribution in [-0.4, -0.2) is 16.2 Å². The van der Waals surface area contributed by atoms with Crippen LogP contribution < -0.4 is 5.32 Å². The van der Waals surface area contributed by atoms with Crippen molar-refractivity contribution >= 4 is 11.6 Å². The summed E-state index contributed by atoms with van der Waals surface area (Å²) >= 11 is 0. The molecule has 5 nitrogen and oxygen atoms in total. The zero-order valence-electron chi connectivity index (χ0n) is 10.9. The van der Waals surface area contributed by atoms with Crippen molar-refractivity contribution in [3.63, 3.8) is 0 Å². The fourth-order valence-electron chi connectivity index (χ4n) is 1.89. The van der Waals surface area contributed by atoms with Gasteiger partial charge in [0.05, 0.1) is 11.4 Å². The molecule has 5 heteroatoms. The number of rotatable bonds is 4. The molecule has 0 saturated heterocycles. The summed E-state index contributed by atoms with van der Waals surface area (Å²) in [6, 6.07) is 6.64. The molecule has 0 aliphatic carbocycles. The molecule has 0 spiro atoms. The molecule has 0 radical (unpaired) electrons. The fourth-order valence-corrected chi connectivity index (χ4v) is 1.89. The first-order valence-electron chi connectivity index (χ1n) is 6.07. The molecule has 2 rings (SSSR count). The molecule has 100 valence electrons. The average molecular weight is 260 g/mol. The predicted octanol–water partition coefficient (Wildman–Crippen LogP) is 2.57. The highest BCUT2D eigenvalue weighted by Crippen LogP contribution is 2.22. The van der Waals surface area contributed by atoms with Crippen LogP contribution in [0.5, 0.6) is 5.75 Å². The first-order chi connectivity index (χ1) is 9.08. The van der Waals surface area contributed by atoms with E-state index in [-0.39, 0.29) is 11.7 Å². The van der Waals surface area contributed by atoms with Crippen molar-refractivity contribution in [1.29, 1.82) is 0 Å². The topological polar surface area (TPSA) is 75.4 Å². The van der Waals surface area contributed by atoms with Gasteiger partial charge in [0.2, 0.25) is 5.91 Å². The zero-order valence-corrected chi connectivity index (χ0v) is 10.9. The number of aryl methyl sites for hydroxylation is 2. The number of aromatic nitrogens is 1. The van der Waals surface area contributed by atoms with E-state index in [4.69, 9.17) is 4.52 Å². The van der Waals surface area contributed by atoms with E-state index in [1.54, 1.807) is 18.2 Å². The maximum absolute atomic E-state index is 11.8. The summed E-state index contributed by atoms with van der Waals surface area (Å²) in [7, 11) is 0. The van der Waals surface area contributed by atoms with Crippen LogP contribution in [0.15, 0.2) is 28.8 Å². The highest BCUT2D eigenvalue weighted by Gasteiger charge is 2.12. The van der Waals surface area contributed by atoms with Crippen molar-refractivity contribution in [2.24, 2.45) is 0 Å². The molecule has 1 aromatic carbocycles. The van der Waals surface area contributed by atoms with Crippen molar-refractivity contribution in [2.75, 3.05) is 5.32 Å². The van der Waals surface area contributed by atoms with Gasteiger partial charge in [0, 0.05) is 12.0 Å². The Balaban J connectivity index is 1.94. The minimum atomic E-state index is -0.151. The number of anilines is 1. The molecule has 0 aliphatic heterocycles. The largest absolute Gasteiger partial charge is 0.506 e. The molecule has 0 fully saturated rings. The number of hydrogen-bond donors (Lipinski definition) is 2. The van der Waals surface area contributed by atoms with Crippen molar-refractivity contribution in [2.45, 2.75) is 26.7 Å². The molecule has 2 aromatic rings. The highest BCUT2D eigenvalue weighted by molar-refractivity contribution is 5.92. The standard InChI is InChI=1S/C14H16N2O3/c1-9-11(10(2)19-16-9)7-8-14(18)15-12-5-3-4-6-13(12)17/h3-6,17H,7-8H2,1-2H3,(H,15,18). The zero-order chi connectivity index (χ0) is 13.8. The van der Waals surface area contributed by atoms with E-state index in [2.05, 4.69) is 10.5 Å². The van der Waals surface area contributed by atoms with Crippen LogP contribution in [-0.2, 0) is 11.2 Å². The lowest BCUT2D eigenvalue weighted by Crippen LogP contribution is -2.12. The smallest absolute Gasteiger partial charge is 0.224 e. The Hall–Kier alpha value is -2.30. The van der Waals surface area contributed by atoms with E-state index in [1.165, 1.54) is 6.07 Å². The molecule has 0 saturated carbocycles. The third kappa shape index (κ3) is 3.13. The molecular weight excluding hydrogens is 244 g/mol. The number of benzene rings is 1. The van der Waals surface area contributed by atoms with Crippen molar-refractivity contribution in [1.82, 2.24) is 5.16 Å². The minimum absolute atomic E-state index is 0.0631. The second-order valence-corrected chi connectivity index (χ2v) is 4.37. The summed E-state index contributed by atoms with van der Waals surface area (Å²) in [6.45, 7) is 3.68. The Kier molecular flexibility index (Phi) is 3.85. The van der Waals surface area contributed by atoms with E-state index < -0.39 is 0 Å². The van der Waals surface area contributed by atoms with E-state index >= 15 is 0 Å². The van der Waals surface area contributed by atoms with E-state index in [0.717, 1.165) is 17.0 Å². The quantitative estimate of drug-likeness (QED) is 0.828. The van der Waals surface area contributed by atoms with Crippen LogP contribution in [0.1, 0.15) is 23.4 Å². The molecule has 2 N–H and O–H groups in total. The van der Waals surface area contributed by atoms with Crippen molar-refractivity contribution in [3.8, 4) is 5.75 Å². The van der Waals surface area contributed by atoms with Crippen molar-refractivity contribution < 1.29 is 14.4 Å². The maximum Gasteiger partial charge on any atom is 0.224 e. The summed E-state index contributed by atoms with van der Waals surface area (Å²) in [5, 5.41) is 16.1. The van der Waals surface area contributed by atoms with Gasteiger partial charge in [0.1, 0.15) is 11.5 Å². The Bertz CT molecular complexity index is 571. The monoisotopic (exact) mass is 260 g/mol. The number of amides is 1. The Morgan fingerprint density at radius 2 is 2.11 bits per heavy atom. The van der Waals surface area contributed by atoms with Gasteiger partial charge in [-0.3, -0.25) is 4.79 Å². The van der Waals surface area contributed by atoms with E-state index in [1.807, 2.05) is 13.8 Å². The molecule has 1 heterocycles. The number of phenols is 1. The Morgan fingerprint density at radius 1 is 1.37 bits per heavy atom. The van der Waals surface area contributed by atoms with Crippen molar-refractivity contribution in [3.05, 3.63) is 41.3 Å². The van der Waals surface area contributed by atoms with Gasteiger partial charge in [-0.05, 0) is 32.4 Å². The van der Waals surface area contributed by atoms with Gasteiger partial charge < -0.3 is 14.9 Å². The lowest BCUT2D eigenvalue weighted by atomic mass is 10.1. The van der Waals surface area contributed by atoms with Gasteiger partial charge in [-0.1, -0.05) is 17.3 Å². The van der Waals surface area contributed by atoms with Crippen LogP contribution in [0, 0.1) is 13.8 Å². The normalized spacial score (nSPS) is 10.4. The summed E-state index contributed by atoms with van der Waals surface area (Å²) in [4.78, 5) is 11.8. The molecule has 19 heavy (non-hydrogen) atoms. The summed E-state index contributed by atoms with van der Waals surface area (Å²) in [5.74, 6) is 0.655. The van der Waals surface area contributed by atoms with Crippen LogP contribution in [0.2, 0.25) is 0 Å². The number of phenolic OH excluding ortho intramolecular Hbond substituents is 1.